The number of anilines is 1. The minimum absolute atomic E-state index is 0.0472. The molecule has 0 aromatic heterocycles. The number of thioether (sulfide) groups is 1. The summed E-state index contributed by atoms with van der Waals surface area (Å²) in [4.78, 5) is 29.1. The normalized spacial score (nSPS) is 19.7. The Labute approximate surface area is 188 Å². The number of fused-ring (bicyclic) bond motifs is 2. The van der Waals surface area contributed by atoms with Gasteiger partial charge in [0.1, 0.15) is 11.6 Å². The molecule has 3 aromatic rings. The molecule has 3 aromatic carbocycles. The molecule has 32 heavy (non-hydrogen) atoms. The van der Waals surface area contributed by atoms with E-state index in [9.17, 15) is 18.4 Å². The summed E-state index contributed by atoms with van der Waals surface area (Å²) in [6.45, 7) is 2.27. The maximum atomic E-state index is 14.4. The van der Waals surface area contributed by atoms with Gasteiger partial charge in [0, 0.05) is 23.4 Å². The molecule has 0 unspecified atom stereocenters. The number of carbonyl (C=O) groups is 2. The molecule has 2 heterocycles. The quantitative estimate of drug-likeness (QED) is 0.572. The first-order valence-corrected chi connectivity index (χ1v) is 11.3. The standard InChI is InChI=1S/C25H20F2N2O2S/c1-16-10-11-22-19(14-16)25(24(31)28(22)15-17-6-2-4-8-20(17)26)29(12-13-32-25)23(30)18-7-3-5-9-21(18)27/h2-11,14H,12-13,15H2,1H3/t25-/m1/s1. The van der Waals surface area contributed by atoms with E-state index in [0.29, 0.717) is 29.1 Å². The summed E-state index contributed by atoms with van der Waals surface area (Å²) < 4.78 is 28.8. The van der Waals surface area contributed by atoms with Crippen molar-refractivity contribution in [2.75, 3.05) is 17.2 Å². The molecule has 0 saturated carbocycles. The summed E-state index contributed by atoms with van der Waals surface area (Å²) in [5.41, 5.74) is 2.59. The number of rotatable bonds is 3. The molecule has 1 saturated heterocycles. The maximum Gasteiger partial charge on any atom is 0.268 e. The minimum atomic E-state index is -1.30. The van der Waals surface area contributed by atoms with Crippen molar-refractivity contribution in [2.24, 2.45) is 0 Å². The van der Waals surface area contributed by atoms with Crippen molar-refractivity contribution >= 4 is 29.3 Å². The van der Waals surface area contributed by atoms with Gasteiger partial charge in [-0.1, -0.05) is 48.0 Å². The zero-order valence-electron chi connectivity index (χ0n) is 17.3. The Morgan fingerprint density at radius 2 is 1.75 bits per heavy atom. The molecule has 5 rings (SSSR count). The zero-order chi connectivity index (χ0) is 22.5. The van der Waals surface area contributed by atoms with Crippen LogP contribution in [0.25, 0.3) is 0 Å². The molecular weight excluding hydrogens is 430 g/mol. The Morgan fingerprint density at radius 1 is 1.03 bits per heavy atom. The van der Waals surface area contributed by atoms with Crippen molar-refractivity contribution in [2.45, 2.75) is 18.3 Å². The van der Waals surface area contributed by atoms with Crippen molar-refractivity contribution in [3.05, 3.63) is 101 Å². The lowest BCUT2D eigenvalue weighted by molar-refractivity contribution is -0.123. The van der Waals surface area contributed by atoms with Gasteiger partial charge < -0.3 is 9.80 Å². The van der Waals surface area contributed by atoms with Crippen LogP contribution in [0.2, 0.25) is 0 Å². The molecule has 0 aliphatic carbocycles. The SMILES string of the molecule is Cc1ccc2c(c1)[C@@]1(SCCN1C(=O)c1ccccc1F)C(=O)N2Cc1ccccc1F. The number of aryl methyl sites for hydroxylation is 1. The van der Waals surface area contributed by atoms with E-state index in [1.807, 2.05) is 25.1 Å². The molecule has 0 bridgehead atoms. The largest absolute Gasteiger partial charge is 0.311 e. The average Bonchev–Trinajstić information content (AvgIpc) is 3.32. The van der Waals surface area contributed by atoms with E-state index >= 15 is 0 Å². The predicted octanol–water partition coefficient (Wildman–Crippen LogP) is 4.86. The van der Waals surface area contributed by atoms with E-state index in [2.05, 4.69) is 0 Å². The second-order valence-corrected chi connectivity index (χ2v) is 9.22. The summed E-state index contributed by atoms with van der Waals surface area (Å²) in [6.07, 6.45) is 0. The van der Waals surface area contributed by atoms with Crippen LogP contribution in [0.3, 0.4) is 0 Å². The summed E-state index contributed by atoms with van der Waals surface area (Å²) in [7, 11) is 0. The number of hydrogen-bond donors (Lipinski definition) is 0. The molecule has 4 nitrogen and oxygen atoms in total. The second-order valence-electron chi connectivity index (χ2n) is 7.93. The van der Waals surface area contributed by atoms with E-state index < -0.39 is 22.4 Å². The molecule has 162 valence electrons. The van der Waals surface area contributed by atoms with Crippen LogP contribution in [-0.4, -0.2) is 29.0 Å². The molecule has 1 fully saturated rings. The molecule has 1 spiro atoms. The lowest BCUT2D eigenvalue weighted by Gasteiger charge is -2.33. The summed E-state index contributed by atoms with van der Waals surface area (Å²) in [5, 5.41) is 0. The highest BCUT2D eigenvalue weighted by atomic mass is 32.2. The Bertz CT molecular complexity index is 1250. The van der Waals surface area contributed by atoms with E-state index in [0.717, 1.165) is 5.56 Å². The van der Waals surface area contributed by atoms with Gasteiger partial charge in [-0.15, -0.1) is 11.8 Å². The third kappa shape index (κ3) is 3.03. The number of hydrogen-bond acceptors (Lipinski definition) is 3. The fourth-order valence-electron chi connectivity index (χ4n) is 4.46. The minimum Gasteiger partial charge on any atom is -0.311 e. The number of nitrogens with zero attached hydrogens (tertiary/aromatic N) is 2. The van der Waals surface area contributed by atoms with E-state index in [4.69, 9.17) is 0 Å². The van der Waals surface area contributed by atoms with Gasteiger partial charge in [-0.2, -0.15) is 0 Å². The van der Waals surface area contributed by atoms with Crippen molar-refractivity contribution in [3.63, 3.8) is 0 Å². The molecule has 7 heteroatoms. The Kier molecular flexibility index (Phi) is 5.01. The van der Waals surface area contributed by atoms with Crippen LogP contribution in [0.5, 0.6) is 0 Å². The van der Waals surface area contributed by atoms with E-state index in [1.54, 1.807) is 24.3 Å². The lowest BCUT2D eigenvalue weighted by Crippen LogP contribution is -2.50. The van der Waals surface area contributed by atoms with Gasteiger partial charge in [0.25, 0.3) is 11.8 Å². The molecule has 2 aliphatic rings. The van der Waals surface area contributed by atoms with Gasteiger partial charge in [0.05, 0.1) is 17.8 Å². The molecule has 0 N–H and O–H groups in total. The first-order valence-electron chi connectivity index (χ1n) is 10.3. The highest BCUT2D eigenvalue weighted by Crippen LogP contribution is 2.55. The lowest BCUT2D eigenvalue weighted by atomic mass is 10.0. The second kappa shape index (κ2) is 7.74. The monoisotopic (exact) mass is 450 g/mol. The molecular formula is C25H20F2N2O2S. The third-order valence-corrected chi connectivity index (χ3v) is 7.40. The van der Waals surface area contributed by atoms with Crippen LogP contribution < -0.4 is 4.90 Å². The van der Waals surface area contributed by atoms with Crippen LogP contribution >= 0.6 is 11.8 Å². The fourth-order valence-corrected chi connectivity index (χ4v) is 5.92. The highest BCUT2D eigenvalue weighted by Gasteiger charge is 2.59. The van der Waals surface area contributed by atoms with Crippen LogP contribution in [0.15, 0.2) is 66.7 Å². The number of amides is 2. The fraction of sp³-hybridized carbons (Fsp3) is 0.200. The van der Waals surface area contributed by atoms with Gasteiger partial charge in [-0.25, -0.2) is 8.78 Å². The topological polar surface area (TPSA) is 40.6 Å². The van der Waals surface area contributed by atoms with Crippen molar-refractivity contribution in [1.82, 2.24) is 4.90 Å². The van der Waals surface area contributed by atoms with Gasteiger partial charge in [0.15, 0.2) is 4.87 Å². The average molecular weight is 451 g/mol. The Hall–Kier alpha value is -3.19. The molecule has 2 amide bonds. The Morgan fingerprint density at radius 3 is 2.50 bits per heavy atom. The molecule has 1 atom stereocenters. The van der Waals surface area contributed by atoms with Crippen LogP contribution in [0, 0.1) is 18.6 Å². The highest BCUT2D eigenvalue weighted by molar-refractivity contribution is 8.01. The van der Waals surface area contributed by atoms with E-state index in [1.165, 1.54) is 45.8 Å². The van der Waals surface area contributed by atoms with Crippen LogP contribution in [-0.2, 0) is 16.2 Å². The number of halogens is 2. The van der Waals surface area contributed by atoms with Gasteiger partial charge in [-0.05, 0) is 31.2 Å². The van der Waals surface area contributed by atoms with Crippen LogP contribution in [0.1, 0.15) is 27.0 Å². The van der Waals surface area contributed by atoms with Gasteiger partial charge >= 0.3 is 0 Å². The zero-order valence-corrected chi connectivity index (χ0v) is 18.2. The summed E-state index contributed by atoms with van der Waals surface area (Å²) in [5.74, 6) is -1.32. The van der Waals surface area contributed by atoms with Crippen molar-refractivity contribution in [1.29, 1.82) is 0 Å². The predicted molar refractivity (Wildman–Crippen MR) is 120 cm³/mol. The molecule has 2 aliphatic heterocycles. The summed E-state index contributed by atoms with van der Waals surface area (Å²) >= 11 is 1.36. The van der Waals surface area contributed by atoms with Gasteiger partial charge in [0.2, 0.25) is 0 Å². The van der Waals surface area contributed by atoms with E-state index in [-0.39, 0.29) is 18.0 Å². The maximum absolute atomic E-state index is 14.4. The first kappa shape index (κ1) is 20.7. The van der Waals surface area contributed by atoms with Crippen molar-refractivity contribution < 1.29 is 18.4 Å². The third-order valence-electron chi connectivity index (χ3n) is 5.98. The van der Waals surface area contributed by atoms with Gasteiger partial charge in [-0.3, -0.25) is 9.59 Å². The van der Waals surface area contributed by atoms with Crippen LogP contribution in [0.4, 0.5) is 14.5 Å². The first-order chi connectivity index (χ1) is 15.4. The number of benzene rings is 3. The Balaban J connectivity index is 1.63. The smallest absolute Gasteiger partial charge is 0.268 e. The number of carbonyl (C=O) groups excluding carboxylic acids is 2. The van der Waals surface area contributed by atoms with Crippen molar-refractivity contribution in [3.8, 4) is 0 Å². The molecule has 0 radical (unpaired) electrons. The summed E-state index contributed by atoms with van der Waals surface area (Å²) in [6, 6.07) is 17.8.